The number of esters is 2. The number of carbonyl (C=O) groups excluding carboxylic acids is 3. The second-order valence-corrected chi connectivity index (χ2v) is 9.59. The predicted octanol–water partition coefficient (Wildman–Crippen LogP) is 2.83. The van der Waals surface area contributed by atoms with Crippen LogP contribution in [-0.2, 0) is 33.9 Å². The number of hydrogen-bond acceptors (Lipinski definition) is 7. The largest absolute Gasteiger partial charge is 0.466 e. The number of sulfonamides is 1. The number of carbonyl (C=O) groups is 3. The summed E-state index contributed by atoms with van der Waals surface area (Å²) in [5, 5.41) is 0.364. The third-order valence-electron chi connectivity index (χ3n) is 5.40. The third-order valence-corrected chi connectivity index (χ3v) is 7.61. The van der Waals surface area contributed by atoms with E-state index in [2.05, 4.69) is 0 Å². The normalized spacial score (nSPS) is 21.7. The second kappa shape index (κ2) is 11.1. The van der Waals surface area contributed by atoms with Crippen molar-refractivity contribution in [3.05, 3.63) is 29.3 Å². The fourth-order valence-corrected chi connectivity index (χ4v) is 5.99. The maximum atomic E-state index is 13.7. The highest BCUT2D eigenvalue weighted by molar-refractivity contribution is 7.89. The van der Waals surface area contributed by atoms with Gasteiger partial charge in [-0.2, -0.15) is 4.31 Å². The van der Waals surface area contributed by atoms with Gasteiger partial charge in [0.25, 0.3) is 0 Å². The number of nitrogens with zero attached hydrogens (tertiary/aromatic N) is 1. The van der Waals surface area contributed by atoms with Crippen LogP contribution in [0.15, 0.2) is 29.2 Å². The summed E-state index contributed by atoms with van der Waals surface area (Å²) in [6, 6.07) is 3.84. The third kappa shape index (κ3) is 5.64. The Kier molecular flexibility index (Phi) is 9.02. The Morgan fingerprint density at radius 3 is 2.19 bits per heavy atom. The number of hydrogen-bond donors (Lipinski definition) is 0. The van der Waals surface area contributed by atoms with Gasteiger partial charge in [0.15, 0.2) is 0 Å². The van der Waals surface area contributed by atoms with Gasteiger partial charge in [0, 0.05) is 17.1 Å². The summed E-state index contributed by atoms with van der Waals surface area (Å²) in [5.41, 5.74) is 0. The lowest BCUT2D eigenvalue weighted by Crippen LogP contribution is -2.57. The van der Waals surface area contributed by atoms with Crippen molar-refractivity contribution in [3.63, 3.8) is 0 Å². The highest BCUT2D eigenvalue weighted by Gasteiger charge is 2.48. The van der Waals surface area contributed by atoms with Gasteiger partial charge in [0.05, 0.1) is 24.0 Å². The Bertz CT molecular complexity index is 887. The molecule has 2 rings (SSSR count). The quantitative estimate of drug-likeness (QED) is 0.308. The number of ether oxygens (including phenoxy) is 2. The number of halogens is 1. The van der Waals surface area contributed by atoms with Crippen molar-refractivity contribution in [2.24, 2.45) is 11.8 Å². The van der Waals surface area contributed by atoms with E-state index in [0.29, 0.717) is 24.2 Å². The van der Waals surface area contributed by atoms with Gasteiger partial charge in [0.2, 0.25) is 10.0 Å². The molecule has 0 bridgehead atoms. The number of rotatable bonds is 9. The molecule has 8 nitrogen and oxygen atoms in total. The minimum Gasteiger partial charge on any atom is -0.466 e. The second-order valence-electron chi connectivity index (χ2n) is 7.31. The van der Waals surface area contributed by atoms with Crippen LogP contribution in [0.3, 0.4) is 0 Å². The van der Waals surface area contributed by atoms with Gasteiger partial charge in [-0.3, -0.25) is 9.59 Å². The summed E-state index contributed by atoms with van der Waals surface area (Å²) in [7, 11) is -4.17. The van der Waals surface area contributed by atoms with Gasteiger partial charge in [-0.1, -0.05) is 24.9 Å². The van der Waals surface area contributed by atoms with E-state index in [-0.39, 0.29) is 24.5 Å². The highest BCUT2D eigenvalue weighted by atomic mass is 35.5. The van der Waals surface area contributed by atoms with Gasteiger partial charge in [-0.25, -0.2) is 8.42 Å². The maximum absolute atomic E-state index is 13.7. The molecule has 0 aliphatic carbocycles. The van der Waals surface area contributed by atoms with E-state index in [9.17, 15) is 22.8 Å². The van der Waals surface area contributed by atoms with E-state index in [1.54, 1.807) is 20.8 Å². The van der Waals surface area contributed by atoms with Crippen LogP contribution in [0.25, 0.3) is 0 Å². The zero-order valence-corrected chi connectivity index (χ0v) is 19.4. The molecule has 1 aromatic carbocycles. The smallest absolute Gasteiger partial charge is 0.317 e. The van der Waals surface area contributed by atoms with E-state index >= 15 is 0 Å². The predicted molar refractivity (Wildman–Crippen MR) is 114 cm³/mol. The van der Waals surface area contributed by atoms with Crippen molar-refractivity contribution in [2.45, 2.75) is 57.0 Å². The standard InChI is InChI=1S/C21H28ClNO7S/c1-4-29-20(25)14(3)18-7-6-8-19(17(13-24)21(26)30-5-2)23(18)31(27,28)16-11-9-15(22)10-12-16/h9-14,17-19H,4-8H2,1-3H3. The Morgan fingerprint density at radius 2 is 1.65 bits per heavy atom. The minimum atomic E-state index is -4.17. The Labute approximate surface area is 187 Å². The van der Waals surface area contributed by atoms with Crippen molar-refractivity contribution >= 4 is 39.8 Å². The van der Waals surface area contributed by atoms with Crippen LogP contribution in [0, 0.1) is 11.8 Å². The van der Waals surface area contributed by atoms with Crippen LogP contribution in [0.4, 0.5) is 0 Å². The molecule has 1 aliphatic rings. The van der Waals surface area contributed by atoms with Crippen LogP contribution in [-0.4, -0.2) is 56.2 Å². The lowest BCUT2D eigenvalue weighted by atomic mass is 9.85. The molecule has 0 saturated carbocycles. The van der Waals surface area contributed by atoms with E-state index in [1.807, 2.05) is 0 Å². The zero-order valence-electron chi connectivity index (χ0n) is 17.8. The van der Waals surface area contributed by atoms with Gasteiger partial charge >= 0.3 is 11.9 Å². The first kappa shape index (κ1) is 25.3. The maximum Gasteiger partial charge on any atom is 0.317 e. The van der Waals surface area contributed by atoms with Crippen LogP contribution in [0.5, 0.6) is 0 Å². The monoisotopic (exact) mass is 473 g/mol. The Hall–Kier alpha value is -1.97. The van der Waals surface area contributed by atoms with Crippen molar-refractivity contribution in [1.82, 2.24) is 4.31 Å². The lowest BCUT2D eigenvalue weighted by Gasteiger charge is -2.44. The molecule has 1 fully saturated rings. The molecule has 1 aromatic rings. The van der Waals surface area contributed by atoms with E-state index in [1.165, 1.54) is 24.3 Å². The first-order chi connectivity index (χ1) is 14.7. The molecular formula is C21H28ClNO7S. The summed E-state index contributed by atoms with van der Waals surface area (Å²) in [5.74, 6) is -3.43. The average molecular weight is 474 g/mol. The average Bonchev–Trinajstić information content (AvgIpc) is 2.74. The first-order valence-corrected chi connectivity index (χ1v) is 12.1. The summed E-state index contributed by atoms with van der Waals surface area (Å²) in [4.78, 5) is 36.7. The van der Waals surface area contributed by atoms with Crippen LogP contribution >= 0.6 is 11.6 Å². The van der Waals surface area contributed by atoms with Gasteiger partial charge < -0.3 is 14.3 Å². The molecule has 4 atom stereocenters. The molecule has 10 heteroatoms. The number of piperidine rings is 1. The fourth-order valence-electron chi connectivity index (χ4n) is 3.90. The summed E-state index contributed by atoms with van der Waals surface area (Å²) < 4.78 is 38.6. The molecule has 172 valence electrons. The van der Waals surface area contributed by atoms with Crippen LogP contribution in [0.2, 0.25) is 5.02 Å². The molecule has 0 spiro atoms. The molecule has 1 aliphatic heterocycles. The molecule has 0 aromatic heterocycles. The first-order valence-electron chi connectivity index (χ1n) is 10.3. The topological polar surface area (TPSA) is 107 Å². The lowest BCUT2D eigenvalue weighted by molar-refractivity contribution is -0.153. The molecule has 0 amide bonds. The fraction of sp³-hybridized carbons (Fsp3) is 0.571. The molecule has 1 heterocycles. The van der Waals surface area contributed by atoms with Crippen LogP contribution in [0.1, 0.15) is 40.0 Å². The Morgan fingerprint density at radius 1 is 1.10 bits per heavy atom. The molecule has 4 unspecified atom stereocenters. The van der Waals surface area contributed by atoms with Crippen molar-refractivity contribution in [3.8, 4) is 0 Å². The summed E-state index contributed by atoms with van der Waals surface area (Å²) in [6.07, 6.45) is 1.62. The van der Waals surface area contributed by atoms with E-state index in [4.69, 9.17) is 21.1 Å². The van der Waals surface area contributed by atoms with E-state index in [0.717, 1.165) is 4.31 Å². The molecule has 0 radical (unpaired) electrons. The molecule has 1 saturated heterocycles. The van der Waals surface area contributed by atoms with Crippen molar-refractivity contribution in [2.75, 3.05) is 13.2 Å². The van der Waals surface area contributed by atoms with Gasteiger partial charge in [0.1, 0.15) is 12.2 Å². The number of aldehydes is 1. The summed E-state index contributed by atoms with van der Waals surface area (Å²) in [6.45, 7) is 5.08. The SMILES string of the molecule is CCOC(=O)C(C)C1CCCC(C(C=O)C(=O)OCC)N1S(=O)(=O)c1ccc(Cl)cc1. The summed E-state index contributed by atoms with van der Waals surface area (Å²) >= 11 is 5.90. The molecular weight excluding hydrogens is 446 g/mol. The Balaban J connectivity index is 2.58. The zero-order chi connectivity index (χ0) is 23.2. The van der Waals surface area contributed by atoms with Crippen molar-refractivity contribution in [1.29, 1.82) is 0 Å². The van der Waals surface area contributed by atoms with Crippen molar-refractivity contribution < 1.29 is 32.3 Å². The number of benzene rings is 1. The minimum absolute atomic E-state index is 0.0432. The van der Waals surface area contributed by atoms with E-state index < -0.39 is 45.9 Å². The highest BCUT2D eigenvalue weighted by Crippen LogP contribution is 2.37. The molecule has 0 N–H and O–H groups in total. The molecule has 31 heavy (non-hydrogen) atoms. The van der Waals surface area contributed by atoms with Gasteiger partial charge in [-0.05, 0) is 51.0 Å². The van der Waals surface area contributed by atoms with Crippen LogP contribution < -0.4 is 0 Å². The van der Waals surface area contributed by atoms with Gasteiger partial charge in [-0.15, -0.1) is 0 Å².